The Bertz CT molecular complexity index is 1160. The van der Waals surface area contributed by atoms with Gasteiger partial charge in [0.05, 0.1) is 30.1 Å². The average Bonchev–Trinajstić information content (AvgIpc) is 3.35. The second kappa shape index (κ2) is 7.76. The molecule has 0 bridgehead atoms. The average molecular weight is 420 g/mol. The number of nitrogens with zero attached hydrogens (tertiary/aromatic N) is 2. The fraction of sp³-hybridized carbons (Fsp3) is 0.360. The number of benzene rings is 1. The third-order valence-electron chi connectivity index (χ3n) is 5.34. The van der Waals surface area contributed by atoms with Gasteiger partial charge in [0.15, 0.2) is 0 Å². The summed E-state index contributed by atoms with van der Waals surface area (Å²) in [7, 11) is 1.64. The van der Waals surface area contributed by atoms with E-state index in [4.69, 9.17) is 14.5 Å². The number of allylic oxidation sites excluding steroid dienone is 2. The van der Waals surface area contributed by atoms with E-state index in [0.717, 1.165) is 22.3 Å². The first-order chi connectivity index (χ1) is 14.7. The first-order valence-corrected chi connectivity index (χ1v) is 10.5. The van der Waals surface area contributed by atoms with Crippen molar-refractivity contribution < 1.29 is 14.3 Å². The van der Waals surface area contributed by atoms with Crippen LogP contribution in [0.25, 0.3) is 10.9 Å². The Hall–Kier alpha value is -3.28. The highest BCUT2D eigenvalue weighted by Crippen LogP contribution is 2.29. The van der Waals surface area contributed by atoms with E-state index < -0.39 is 11.7 Å². The van der Waals surface area contributed by atoms with E-state index in [1.54, 1.807) is 11.7 Å². The monoisotopic (exact) mass is 419 g/mol. The molecule has 3 heterocycles. The molecule has 0 saturated heterocycles. The minimum Gasteiger partial charge on any atom is -0.494 e. The maximum absolute atomic E-state index is 13.1. The van der Waals surface area contributed by atoms with Crippen LogP contribution < -0.4 is 5.32 Å². The van der Waals surface area contributed by atoms with E-state index in [0.29, 0.717) is 23.1 Å². The van der Waals surface area contributed by atoms with Crippen LogP contribution in [0.3, 0.4) is 0 Å². The molecule has 6 heteroatoms. The number of carbonyl (C=O) groups is 1. The summed E-state index contributed by atoms with van der Waals surface area (Å²) < 4.78 is 12.9. The van der Waals surface area contributed by atoms with Crippen molar-refractivity contribution in [3.05, 3.63) is 71.4 Å². The molecule has 1 aromatic heterocycles. The zero-order valence-electron chi connectivity index (χ0n) is 18.9. The molecule has 31 heavy (non-hydrogen) atoms. The number of rotatable bonds is 3. The van der Waals surface area contributed by atoms with Gasteiger partial charge in [0.2, 0.25) is 0 Å². The maximum atomic E-state index is 13.1. The van der Waals surface area contributed by atoms with E-state index >= 15 is 0 Å². The lowest BCUT2D eigenvalue weighted by molar-refractivity contribution is 0.0544. The Morgan fingerprint density at radius 3 is 2.65 bits per heavy atom. The lowest BCUT2D eigenvalue weighted by atomic mass is 10.0. The van der Waals surface area contributed by atoms with Crippen molar-refractivity contribution in [3.8, 4) is 0 Å². The summed E-state index contributed by atoms with van der Waals surface area (Å²) in [5.41, 5.74) is 3.43. The van der Waals surface area contributed by atoms with Crippen molar-refractivity contribution in [1.82, 2.24) is 9.88 Å². The van der Waals surface area contributed by atoms with E-state index in [1.165, 1.54) is 0 Å². The molecule has 0 amide bonds. The zero-order valence-corrected chi connectivity index (χ0v) is 18.9. The summed E-state index contributed by atoms with van der Waals surface area (Å²) in [6.45, 7) is 9.81. The van der Waals surface area contributed by atoms with Crippen LogP contribution in [0.15, 0.2) is 70.7 Å². The molecular formula is C25H29N3O3. The Morgan fingerprint density at radius 1 is 1.26 bits per heavy atom. The summed E-state index contributed by atoms with van der Waals surface area (Å²) >= 11 is 0. The third-order valence-corrected chi connectivity index (χ3v) is 5.34. The van der Waals surface area contributed by atoms with Crippen molar-refractivity contribution in [2.75, 3.05) is 7.11 Å². The minimum atomic E-state index is -0.606. The Balaban J connectivity index is 1.79. The van der Waals surface area contributed by atoms with Gasteiger partial charge in [-0.15, -0.1) is 0 Å². The lowest BCUT2D eigenvalue weighted by Crippen LogP contribution is -2.28. The van der Waals surface area contributed by atoms with Gasteiger partial charge in [0.1, 0.15) is 17.1 Å². The first-order valence-electron chi connectivity index (χ1n) is 10.5. The van der Waals surface area contributed by atoms with Crippen LogP contribution in [0.1, 0.15) is 40.3 Å². The molecule has 0 radical (unpaired) electrons. The topological polar surface area (TPSA) is 64.8 Å². The minimum absolute atomic E-state index is 0.147. The molecule has 2 aromatic rings. The van der Waals surface area contributed by atoms with Gasteiger partial charge < -0.3 is 14.8 Å². The molecule has 4 rings (SSSR count). The highest BCUT2D eigenvalue weighted by molar-refractivity contribution is 6.15. The van der Waals surface area contributed by atoms with Crippen LogP contribution in [0.2, 0.25) is 0 Å². The van der Waals surface area contributed by atoms with Crippen LogP contribution in [-0.2, 0) is 9.47 Å². The van der Waals surface area contributed by atoms with Crippen molar-refractivity contribution in [1.29, 1.82) is 0 Å². The van der Waals surface area contributed by atoms with Gasteiger partial charge >= 0.3 is 6.09 Å². The number of nitrogens with one attached hydrogen (secondary N) is 1. The van der Waals surface area contributed by atoms with Crippen molar-refractivity contribution in [3.63, 3.8) is 0 Å². The van der Waals surface area contributed by atoms with Crippen LogP contribution in [0, 0.1) is 5.92 Å². The molecule has 0 aliphatic carbocycles. The second-order valence-electron chi connectivity index (χ2n) is 9.04. The lowest BCUT2D eigenvalue weighted by Gasteiger charge is -2.20. The molecule has 2 aliphatic heterocycles. The number of hydrogen-bond donors (Lipinski definition) is 1. The molecule has 0 fully saturated rings. The summed E-state index contributed by atoms with van der Waals surface area (Å²) in [4.78, 5) is 17.9. The maximum Gasteiger partial charge on any atom is 0.419 e. The molecule has 162 valence electrons. The predicted octanol–water partition coefficient (Wildman–Crippen LogP) is 5.15. The summed E-state index contributed by atoms with van der Waals surface area (Å²) in [5, 5.41) is 4.41. The van der Waals surface area contributed by atoms with Crippen LogP contribution in [0.4, 0.5) is 4.79 Å². The second-order valence-corrected chi connectivity index (χ2v) is 9.04. The number of hydrogen-bond acceptors (Lipinski definition) is 5. The number of para-hydroxylation sites is 1. The summed E-state index contributed by atoms with van der Waals surface area (Å²) in [6, 6.07) is 9.86. The number of ether oxygens (including phenoxy) is 2. The van der Waals surface area contributed by atoms with Crippen molar-refractivity contribution in [2.45, 2.75) is 46.3 Å². The van der Waals surface area contributed by atoms with E-state index in [9.17, 15) is 4.79 Å². The highest BCUT2D eigenvalue weighted by Gasteiger charge is 2.28. The number of fused-ring (bicyclic) bond motifs is 1. The molecule has 2 aliphatic rings. The molecule has 2 unspecified atom stereocenters. The molecule has 1 N–H and O–H groups in total. The summed E-state index contributed by atoms with van der Waals surface area (Å²) in [6.07, 6.45) is 5.74. The van der Waals surface area contributed by atoms with Gasteiger partial charge in [-0.1, -0.05) is 31.2 Å². The number of methoxy groups -OCH3 is 1. The number of aliphatic imine (C=N–C) groups is 1. The molecule has 0 saturated carbocycles. The van der Waals surface area contributed by atoms with Crippen LogP contribution in [-0.4, -0.2) is 35.1 Å². The predicted molar refractivity (Wildman–Crippen MR) is 123 cm³/mol. The Morgan fingerprint density at radius 2 is 2.00 bits per heavy atom. The highest BCUT2D eigenvalue weighted by atomic mass is 16.6. The Labute approximate surface area is 182 Å². The fourth-order valence-electron chi connectivity index (χ4n) is 3.98. The zero-order chi connectivity index (χ0) is 22.3. The first kappa shape index (κ1) is 21.0. The normalized spacial score (nSPS) is 22.3. The van der Waals surface area contributed by atoms with Gasteiger partial charge in [-0.2, -0.15) is 0 Å². The van der Waals surface area contributed by atoms with Gasteiger partial charge in [0, 0.05) is 17.2 Å². The van der Waals surface area contributed by atoms with Gasteiger partial charge in [-0.25, -0.2) is 14.4 Å². The van der Waals surface area contributed by atoms with Gasteiger partial charge in [-0.3, -0.25) is 0 Å². The molecule has 0 spiro atoms. The quantitative estimate of drug-likeness (QED) is 0.747. The molecule has 6 nitrogen and oxygen atoms in total. The van der Waals surface area contributed by atoms with E-state index in [-0.39, 0.29) is 6.04 Å². The molecule has 1 aromatic carbocycles. The SMILES string of the molecule is COC1=CC(c2cc3ccccc3n2C(=O)OC(C)(C)C)=N/C1=C\C1NC(C)=CC1C. The molecular weight excluding hydrogens is 390 g/mol. The third kappa shape index (κ3) is 4.15. The Kier molecular flexibility index (Phi) is 5.25. The fourth-order valence-corrected chi connectivity index (χ4v) is 3.98. The van der Waals surface area contributed by atoms with E-state index in [2.05, 4.69) is 31.3 Å². The number of aromatic nitrogens is 1. The van der Waals surface area contributed by atoms with Gasteiger partial charge in [-0.05, 0) is 51.8 Å². The van der Waals surface area contributed by atoms with Crippen molar-refractivity contribution in [2.24, 2.45) is 10.9 Å². The van der Waals surface area contributed by atoms with Crippen LogP contribution in [0.5, 0.6) is 0 Å². The smallest absolute Gasteiger partial charge is 0.419 e. The van der Waals surface area contributed by atoms with E-state index in [1.807, 2.05) is 57.2 Å². The largest absolute Gasteiger partial charge is 0.494 e. The number of carbonyl (C=O) groups excluding carboxylic acids is 1. The van der Waals surface area contributed by atoms with Gasteiger partial charge in [0.25, 0.3) is 0 Å². The van der Waals surface area contributed by atoms with Crippen LogP contribution >= 0.6 is 0 Å². The molecule has 2 atom stereocenters. The van der Waals surface area contributed by atoms with Crippen molar-refractivity contribution >= 4 is 22.7 Å². The standard InChI is InChI=1S/C25H29N3O3/c1-15-11-16(2)26-18(15)13-20-23(30-6)14-19(27-20)22-12-17-9-7-8-10-21(17)28(22)24(29)31-25(3,4)5/h7-15,18,26H,1-6H3/b20-13-. The summed E-state index contributed by atoms with van der Waals surface area (Å²) in [5.74, 6) is 1.03.